The smallest absolute Gasteiger partial charge is 0.185 e. The Kier molecular flexibility index (Phi) is 6.97. The summed E-state index contributed by atoms with van der Waals surface area (Å²) in [6, 6.07) is 0. The Labute approximate surface area is 134 Å². The number of aryl methyl sites for hydroxylation is 1. The van der Waals surface area contributed by atoms with Crippen LogP contribution in [0.4, 0.5) is 5.13 Å². The lowest BCUT2D eigenvalue weighted by Crippen LogP contribution is -2.32. The molecule has 1 saturated heterocycles. The van der Waals surface area contributed by atoms with Crippen LogP contribution in [0.2, 0.25) is 0 Å². The van der Waals surface area contributed by atoms with E-state index in [1.165, 1.54) is 60.9 Å². The second kappa shape index (κ2) is 8.74. The summed E-state index contributed by atoms with van der Waals surface area (Å²) in [4.78, 5) is 8.91. The lowest BCUT2D eigenvalue weighted by Gasteiger charge is -2.29. The number of anilines is 1. The van der Waals surface area contributed by atoms with Gasteiger partial charge in [0.2, 0.25) is 0 Å². The third-order valence-corrected chi connectivity index (χ3v) is 5.46. The summed E-state index contributed by atoms with van der Waals surface area (Å²) in [6.07, 6.45) is 7.45. The van der Waals surface area contributed by atoms with Crippen molar-refractivity contribution in [1.29, 1.82) is 0 Å². The predicted molar refractivity (Wildman–Crippen MR) is 93.3 cm³/mol. The van der Waals surface area contributed by atoms with Crippen molar-refractivity contribution in [2.24, 2.45) is 5.92 Å². The average molecular weight is 310 g/mol. The fourth-order valence-electron chi connectivity index (χ4n) is 2.78. The van der Waals surface area contributed by atoms with E-state index < -0.39 is 0 Å². The number of piperidine rings is 1. The molecule has 2 heterocycles. The molecule has 1 fully saturated rings. The third kappa shape index (κ3) is 4.96. The van der Waals surface area contributed by atoms with Crippen molar-refractivity contribution in [2.75, 3.05) is 24.5 Å². The Balaban J connectivity index is 1.98. The fraction of sp³-hybridized carbons (Fsp3) is 0.824. The quantitative estimate of drug-likeness (QED) is 0.729. The Bertz CT molecular complexity index is 408. The molecule has 1 aliphatic heterocycles. The van der Waals surface area contributed by atoms with Gasteiger partial charge in [-0.2, -0.15) is 0 Å². The number of thiazole rings is 1. The SMILES string of the molecule is CCCCNCc1sc(N2CCC(C)CC2)nc1CCC. The van der Waals surface area contributed by atoms with E-state index in [-0.39, 0.29) is 0 Å². The van der Waals surface area contributed by atoms with Gasteiger partial charge in [-0.05, 0) is 38.1 Å². The van der Waals surface area contributed by atoms with Gasteiger partial charge in [0.05, 0.1) is 5.69 Å². The van der Waals surface area contributed by atoms with Crippen LogP contribution in [0.3, 0.4) is 0 Å². The van der Waals surface area contributed by atoms with Crippen molar-refractivity contribution in [3.63, 3.8) is 0 Å². The van der Waals surface area contributed by atoms with Gasteiger partial charge in [-0.3, -0.25) is 0 Å². The molecule has 120 valence electrons. The highest BCUT2D eigenvalue weighted by molar-refractivity contribution is 7.15. The van der Waals surface area contributed by atoms with Gasteiger partial charge in [-0.25, -0.2) is 4.98 Å². The maximum Gasteiger partial charge on any atom is 0.185 e. The van der Waals surface area contributed by atoms with Crippen molar-refractivity contribution >= 4 is 16.5 Å². The topological polar surface area (TPSA) is 28.2 Å². The first-order valence-corrected chi connectivity index (χ1v) is 9.50. The van der Waals surface area contributed by atoms with Crippen LogP contribution in [-0.2, 0) is 13.0 Å². The Morgan fingerprint density at radius 1 is 1.24 bits per heavy atom. The van der Waals surface area contributed by atoms with Gasteiger partial charge >= 0.3 is 0 Å². The summed E-state index contributed by atoms with van der Waals surface area (Å²) in [5, 5.41) is 4.84. The largest absolute Gasteiger partial charge is 0.348 e. The molecular formula is C17H31N3S. The van der Waals surface area contributed by atoms with Gasteiger partial charge in [0.1, 0.15) is 0 Å². The Hall–Kier alpha value is -0.610. The van der Waals surface area contributed by atoms with Crippen LogP contribution in [0, 0.1) is 5.92 Å². The third-order valence-electron chi connectivity index (χ3n) is 4.30. The Morgan fingerprint density at radius 2 is 2.00 bits per heavy atom. The van der Waals surface area contributed by atoms with E-state index in [1.807, 2.05) is 11.3 Å². The summed E-state index contributed by atoms with van der Waals surface area (Å²) >= 11 is 1.92. The molecule has 0 amide bonds. The van der Waals surface area contributed by atoms with Crippen LogP contribution in [-0.4, -0.2) is 24.6 Å². The second-order valence-electron chi connectivity index (χ2n) is 6.32. The zero-order valence-electron chi connectivity index (χ0n) is 14.0. The van der Waals surface area contributed by atoms with E-state index in [2.05, 4.69) is 31.0 Å². The van der Waals surface area contributed by atoms with E-state index in [0.717, 1.165) is 25.4 Å². The molecule has 1 aromatic heterocycles. The zero-order chi connectivity index (χ0) is 15.1. The molecule has 0 aliphatic carbocycles. The summed E-state index contributed by atoms with van der Waals surface area (Å²) < 4.78 is 0. The van der Waals surface area contributed by atoms with Crippen LogP contribution in [0.25, 0.3) is 0 Å². The fourth-order valence-corrected chi connectivity index (χ4v) is 3.91. The number of nitrogens with one attached hydrogen (secondary N) is 1. The molecular weight excluding hydrogens is 278 g/mol. The van der Waals surface area contributed by atoms with Crippen LogP contribution >= 0.6 is 11.3 Å². The normalized spacial score (nSPS) is 16.6. The standard InChI is InChI=1S/C17H31N3S/c1-4-6-10-18-13-16-15(7-5-2)19-17(21-16)20-11-8-14(3)9-12-20/h14,18H,4-13H2,1-3H3. The maximum atomic E-state index is 4.95. The van der Waals surface area contributed by atoms with Crippen LogP contribution < -0.4 is 10.2 Å². The molecule has 1 aromatic rings. The van der Waals surface area contributed by atoms with Gasteiger partial charge in [-0.15, -0.1) is 11.3 Å². The van der Waals surface area contributed by atoms with Crippen LogP contribution in [0.5, 0.6) is 0 Å². The number of unbranched alkanes of at least 4 members (excludes halogenated alkanes) is 1. The van der Waals surface area contributed by atoms with Crippen molar-refractivity contribution in [1.82, 2.24) is 10.3 Å². The lowest BCUT2D eigenvalue weighted by molar-refractivity contribution is 0.438. The van der Waals surface area contributed by atoms with Gasteiger partial charge < -0.3 is 10.2 Å². The minimum atomic E-state index is 0.881. The number of hydrogen-bond donors (Lipinski definition) is 1. The summed E-state index contributed by atoms with van der Waals surface area (Å²) in [5.74, 6) is 0.881. The number of nitrogens with zero attached hydrogens (tertiary/aromatic N) is 2. The van der Waals surface area contributed by atoms with Crippen LogP contribution in [0.15, 0.2) is 0 Å². The molecule has 0 saturated carbocycles. The monoisotopic (exact) mass is 309 g/mol. The highest BCUT2D eigenvalue weighted by Gasteiger charge is 2.20. The van der Waals surface area contributed by atoms with E-state index in [0.29, 0.717) is 0 Å². The molecule has 0 spiro atoms. The summed E-state index contributed by atoms with van der Waals surface area (Å²) in [7, 11) is 0. The van der Waals surface area contributed by atoms with Gasteiger partial charge in [0.25, 0.3) is 0 Å². The molecule has 1 aliphatic rings. The van der Waals surface area contributed by atoms with Crippen molar-refractivity contribution in [2.45, 2.75) is 65.8 Å². The molecule has 1 N–H and O–H groups in total. The molecule has 0 atom stereocenters. The van der Waals surface area contributed by atoms with Gasteiger partial charge in [0, 0.05) is 24.5 Å². The minimum Gasteiger partial charge on any atom is -0.348 e. The highest BCUT2D eigenvalue weighted by Crippen LogP contribution is 2.30. The summed E-state index contributed by atoms with van der Waals surface area (Å²) in [5.41, 5.74) is 1.33. The molecule has 3 nitrogen and oxygen atoms in total. The van der Waals surface area contributed by atoms with Gasteiger partial charge in [-0.1, -0.05) is 33.6 Å². The van der Waals surface area contributed by atoms with E-state index >= 15 is 0 Å². The molecule has 0 bridgehead atoms. The van der Waals surface area contributed by atoms with E-state index in [1.54, 1.807) is 0 Å². The lowest BCUT2D eigenvalue weighted by atomic mass is 10.00. The number of hydrogen-bond acceptors (Lipinski definition) is 4. The molecule has 0 aromatic carbocycles. The van der Waals surface area contributed by atoms with Crippen molar-refractivity contribution in [3.05, 3.63) is 10.6 Å². The highest BCUT2D eigenvalue weighted by atomic mass is 32.1. The summed E-state index contributed by atoms with van der Waals surface area (Å²) in [6.45, 7) is 11.3. The molecule has 0 unspecified atom stereocenters. The van der Waals surface area contributed by atoms with Gasteiger partial charge in [0.15, 0.2) is 5.13 Å². The van der Waals surface area contributed by atoms with Crippen molar-refractivity contribution < 1.29 is 0 Å². The first kappa shape index (κ1) is 16.8. The van der Waals surface area contributed by atoms with Crippen molar-refractivity contribution in [3.8, 4) is 0 Å². The van der Waals surface area contributed by atoms with E-state index in [9.17, 15) is 0 Å². The first-order valence-electron chi connectivity index (χ1n) is 8.68. The molecule has 0 radical (unpaired) electrons. The minimum absolute atomic E-state index is 0.881. The maximum absolute atomic E-state index is 4.95. The molecule has 21 heavy (non-hydrogen) atoms. The molecule has 2 rings (SSSR count). The predicted octanol–water partition coefficient (Wildman–Crippen LogP) is 4.22. The second-order valence-corrected chi connectivity index (χ2v) is 7.38. The number of aromatic nitrogens is 1. The number of rotatable bonds is 8. The zero-order valence-corrected chi connectivity index (χ0v) is 14.8. The first-order chi connectivity index (χ1) is 10.2. The molecule has 4 heteroatoms. The van der Waals surface area contributed by atoms with Crippen LogP contribution in [0.1, 0.15) is 63.4 Å². The van der Waals surface area contributed by atoms with E-state index in [4.69, 9.17) is 4.98 Å². The Morgan fingerprint density at radius 3 is 2.67 bits per heavy atom. The average Bonchev–Trinajstić information content (AvgIpc) is 2.88.